The third kappa shape index (κ3) is 2.96. The number of carbonyl (C=O) groups is 2. The summed E-state index contributed by atoms with van der Waals surface area (Å²) >= 11 is 0. The van der Waals surface area contributed by atoms with E-state index in [1.165, 1.54) is 4.90 Å². The number of amides is 2. The van der Waals surface area contributed by atoms with Gasteiger partial charge in [-0.15, -0.1) is 0 Å². The molecule has 5 heteroatoms. The Labute approximate surface area is 95.4 Å². The van der Waals surface area contributed by atoms with Crippen molar-refractivity contribution in [2.45, 2.75) is 20.3 Å². The first kappa shape index (κ1) is 12.5. The van der Waals surface area contributed by atoms with Crippen molar-refractivity contribution >= 4 is 11.8 Å². The van der Waals surface area contributed by atoms with Gasteiger partial charge in [0.25, 0.3) is 0 Å². The van der Waals surface area contributed by atoms with E-state index in [-0.39, 0.29) is 24.3 Å². The van der Waals surface area contributed by atoms with Crippen molar-refractivity contribution in [1.29, 1.82) is 5.26 Å². The van der Waals surface area contributed by atoms with Crippen molar-refractivity contribution in [3.8, 4) is 6.07 Å². The van der Waals surface area contributed by atoms with Gasteiger partial charge in [-0.2, -0.15) is 5.26 Å². The van der Waals surface area contributed by atoms with E-state index in [2.05, 4.69) is 5.32 Å². The summed E-state index contributed by atoms with van der Waals surface area (Å²) in [6, 6.07) is 2.01. The Bertz CT molecular complexity index is 320. The van der Waals surface area contributed by atoms with Gasteiger partial charge in [-0.3, -0.25) is 9.59 Å². The van der Waals surface area contributed by atoms with Crippen LogP contribution in [0.5, 0.6) is 0 Å². The molecule has 0 radical (unpaired) electrons. The molecule has 1 aliphatic rings. The van der Waals surface area contributed by atoms with Crippen molar-refractivity contribution in [2.75, 3.05) is 19.6 Å². The van der Waals surface area contributed by atoms with Gasteiger partial charge in [0.05, 0.1) is 12.6 Å². The maximum Gasteiger partial charge on any atom is 0.240 e. The monoisotopic (exact) mass is 223 g/mol. The Morgan fingerprint density at radius 1 is 1.56 bits per heavy atom. The van der Waals surface area contributed by atoms with Crippen molar-refractivity contribution in [3.63, 3.8) is 0 Å². The summed E-state index contributed by atoms with van der Waals surface area (Å²) in [5, 5.41) is 11.6. The molecule has 1 heterocycles. The van der Waals surface area contributed by atoms with Gasteiger partial charge in [-0.05, 0) is 12.3 Å². The highest BCUT2D eigenvalue weighted by atomic mass is 16.2. The lowest BCUT2D eigenvalue weighted by Gasteiger charge is -2.23. The van der Waals surface area contributed by atoms with Crippen LogP contribution in [0.2, 0.25) is 0 Å². The minimum atomic E-state index is -0.647. The molecule has 1 N–H and O–H groups in total. The molecule has 0 aliphatic carbocycles. The van der Waals surface area contributed by atoms with E-state index in [0.717, 1.165) is 6.42 Å². The molecule has 2 amide bonds. The van der Waals surface area contributed by atoms with E-state index in [1.54, 1.807) is 0 Å². The van der Waals surface area contributed by atoms with Crippen LogP contribution in [0, 0.1) is 23.2 Å². The molecule has 88 valence electrons. The second-order valence-electron chi connectivity index (χ2n) is 4.31. The molecule has 0 aromatic heterocycles. The molecule has 1 saturated heterocycles. The van der Waals surface area contributed by atoms with Crippen LogP contribution >= 0.6 is 0 Å². The summed E-state index contributed by atoms with van der Waals surface area (Å²) < 4.78 is 0. The molecule has 1 aliphatic heterocycles. The normalized spacial score (nSPS) is 18.6. The molecule has 16 heavy (non-hydrogen) atoms. The number of carbonyl (C=O) groups excluding carboxylic acids is 2. The van der Waals surface area contributed by atoms with Gasteiger partial charge in [0.15, 0.2) is 0 Å². The van der Waals surface area contributed by atoms with E-state index < -0.39 is 5.92 Å². The van der Waals surface area contributed by atoms with Gasteiger partial charge in [-0.1, -0.05) is 13.8 Å². The van der Waals surface area contributed by atoms with Crippen molar-refractivity contribution in [3.05, 3.63) is 0 Å². The number of hydrogen-bond donors (Lipinski definition) is 1. The van der Waals surface area contributed by atoms with Crippen LogP contribution in [0.15, 0.2) is 0 Å². The largest absolute Gasteiger partial charge is 0.354 e. The second kappa shape index (κ2) is 5.50. The molecule has 1 atom stereocenters. The summed E-state index contributed by atoms with van der Waals surface area (Å²) in [7, 11) is 0. The molecule has 0 saturated carbocycles. The van der Waals surface area contributed by atoms with Crippen LogP contribution in [-0.4, -0.2) is 36.3 Å². The highest BCUT2D eigenvalue weighted by Gasteiger charge is 2.28. The van der Waals surface area contributed by atoms with E-state index in [9.17, 15) is 9.59 Å². The van der Waals surface area contributed by atoms with E-state index in [0.29, 0.717) is 13.1 Å². The molecule has 1 fully saturated rings. The summed E-state index contributed by atoms with van der Waals surface area (Å²) in [5.74, 6) is -1.05. The zero-order valence-electron chi connectivity index (χ0n) is 9.69. The highest BCUT2D eigenvalue weighted by molar-refractivity contribution is 5.87. The van der Waals surface area contributed by atoms with Crippen molar-refractivity contribution in [1.82, 2.24) is 10.2 Å². The molecular formula is C11H17N3O2. The number of hydrogen-bond acceptors (Lipinski definition) is 3. The Morgan fingerprint density at radius 3 is 2.81 bits per heavy atom. The van der Waals surface area contributed by atoms with Gasteiger partial charge < -0.3 is 10.2 Å². The minimum Gasteiger partial charge on any atom is -0.354 e. The zero-order chi connectivity index (χ0) is 12.1. The molecule has 0 aromatic carbocycles. The fourth-order valence-corrected chi connectivity index (χ4v) is 1.68. The summed E-state index contributed by atoms with van der Waals surface area (Å²) in [4.78, 5) is 24.8. The fraction of sp³-hybridized carbons (Fsp3) is 0.727. The van der Waals surface area contributed by atoms with Crippen molar-refractivity contribution in [2.24, 2.45) is 11.8 Å². The van der Waals surface area contributed by atoms with Crippen LogP contribution in [-0.2, 0) is 9.59 Å². The van der Waals surface area contributed by atoms with E-state index in [4.69, 9.17) is 5.26 Å². The third-order valence-corrected chi connectivity index (χ3v) is 2.64. The lowest BCUT2D eigenvalue weighted by molar-refractivity contribution is -0.138. The van der Waals surface area contributed by atoms with E-state index in [1.807, 2.05) is 19.9 Å². The SMILES string of the molecule is CC(C)C(C#N)C(=O)N1CCCNC(=O)C1. The highest BCUT2D eigenvalue weighted by Crippen LogP contribution is 2.14. The Morgan fingerprint density at radius 2 is 2.25 bits per heavy atom. The molecule has 0 spiro atoms. The fourth-order valence-electron chi connectivity index (χ4n) is 1.68. The topological polar surface area (TPSA) is 73.2 Å². The first-order valence-electron chi connectivity index (χ1n) is 5.51. The quantitative estimate of drug-likeness (QED) is 0.723. The van der Waals surface area contributed by atoms with Crippen LogP contribution in [0.1, 0.15) is 20.3 Å². The van der Waals surface area contributed by atoms with Gasteiger partial charge in [0.1, 0.15) is 5.92 Å². The van der Waals surface area contributed by atoms with Crippen LogP contribution < -0.4 is 5.32 Å². The Hall–Kier alpha value is -1.57. The maximum atomic E-state index is 12.0. The molecule has 0 aromatic rings. The lowest BCUT2D eigenvalue weighted by atomic mass is 9.96. The molecule has 1 unspecified atom stereocenters. The van der Waals surface area contributed by atoms with Crippen LogP contribution in [0.3, 0.4) is 0 Å². The molecular weight excluding hydrogens is 206 g/mol. The third-order valence-electron chi connectivity index (χ3n) is 2.64. The van der Waals surface area contributed by atoms with Gasteiger partial charge >= 0.3 is 0 Å². The van der Waals surface area contributed by atoms with Gasteiger partial charge in [0, 0.05) is 13.1 Å². The first-order chi connectivity index (χ1) is 7.56. The zero-order valence-corrected chi connectivity index (χ0v) is 9.69. The number of nitriles is 1. The second-order valence-corrected chi connectivity index (χ2v) is 4.31. The lowest BCUT2D eigenvalue weighted by Crippen LogP contribution is -2.41. The number of nitrogens with zero attached hydrogens (tertiary/aromatic N) is 2. The number of rotatable bonds is 2. The van der Waals surface area contributed by atoms with Gasteiger partial charge in [0.2, 0.25) is 11.8 Å². The summed E-state index contributed by atoms with van der Waals surface area (Å²) in [6.07, 6.45) is 0.744. The predicted octanol–water partition coefficient (Wildman–Crippen LogP) is 0.131. The van der Waals surface area contributed by atoms with Gasteiger partial charge in [-0.25, -0.2) is 0 Å². The Kier molecular flexibility index (Phi) is 4.29. The Balaban J connectivity index is 2.71. The van der Waals surface area contributed by atoms with E-state index >= 15 is 0 Å². The van der Waals surface area contributed by atoms with Crippen LogP contribution in [0.4, 0.5) is 0 Å². The molecule has 5 nitrogen and oxygen atoms in total. The summed E-state index contributed by atoms with van der Waals surface area (Å²) in [6.45, 7) is 4.89. The molecule has 0 bridgehead atoms. The number of nitrogens with one attached hydrogen (secondary N) is 1. The standard InChI is InChI=1S/C11H17N3O2/c1-8(2)9(6-12)11(16)14-5-3-4-13-10(15)7-14/h8-9H,3-5,7H2,1-2H3,(H,13,15). The first-order valence-corrected chi connectivity index (χ1v) is 5.51. The van der Waals surface area contributed by atoms with Crippen molar-refractivity contribution < 1.29 is 9.59 Å². The summed E-state index contributed by atoms with van der Waals surface area (Å²) in [5.41, 5.74) is 0. The average Bonchev–Trinajstić information content (AvgIpc) is 2.43. The average molecular weight is 223 g/mol. The minimum absolute atomic E-state index is 0.0242. The smallest absolute Gasteiger partial charge is 0.240 e. The van der Waals surface area contributed by atoms with Crippen LogP contribution in [0.25, 0.3) is 0 Å². The predicted molar refractivity (Wildman–Crippen MR) is 58.1 cm³/mol. The maximum absolute atomic E-state index is 12.0. The molecule has 1 rings (SSSR count).